The Morgan fingerprint density at radius 1 is 1.26 bits per heavy atom. The Hall–Kier alpha value is -2.08. The molecule has 5 nitrogen and oxygen atoms in total. The van der Waals surface area contributed by atoms with Crippen LogP contribution in [0.3, 0.4) is 0 Å². The lowest BCUT2D eigenvalue weighted by Gasteiger charge is -2.37. The molecule has 2 aromatic rings. The molecular formula is C21H26N2O3S. The summed E-state index contributed by atoms with van der Waals surface area (Å²) in [4.78, 5) is 28.6. The van der Waals surface area contributed by atoms with Crippen molar-refractivity contribution in [1.29, 1.82) is 0 Å². The lowest BCUT2D eigenvalue weighted by atomic mass is 9.67. The van der Waals surface area contributed by atoms with Crippen molar-refractivity contribution in [2.45, 2.75) is 45.6 Å². The molecule has 4 rings (SSSR count). The summed E-state index contributed by atoms with van der Waals surface area (Å²) in [5.41, 5.74) is -0.0751. The van der Waals surface area contributed by atoms with Crippen LogP contribution in [0.2, 0.25) is 0 Å². The molecule has 1 saturated carbocycles. The van der Waals surface area contributed by atoms with E-state index >= 15 is 0 Å². The number of aryl methyl sites for hydroxylation is 1. The smallest absolute Gasteiger partial charge is 0.263 e. The van der Waals surface area contributed by atoms with E-state index in [1.54, 1.807) is 0 Å². The molecule has 2 aliphatic rings. The largest absolute Gasteiger partial charge is 0.465 e. The number of carbonyl (C=O) groups is 2. The molecule has 144 valence electrons. The van der Waals surface area contributed by atoms with Gasteiger partial charge in [-0.2, -0.15) is 0 Å². The molecule has 3 heterocycles. The van der Waals surface area contributed by atoms with Gasteiger partial charge in [-0.05, 0) is 43.3 Å². The number of likely N-dealkylation sites (tertiary alicyclic amines) is 1. The Bertz CT molecular complexity index is 805. The van der Waals surface area contributed by atoms with Crippen molar-refractivity contribution >= 4 is 23.2 Å². The van der Waals surface area contributed by atoms with E-state index in [4.69, 9.17) is 4.42 Å². The van der Waals surface area contributed by atoms with Crippen LogP contribution in [0.5, 0.6) is 0 Å². The van der Waals surface area contributed by atoms with Crippen molar-refractivity contribution in [2.24, 2.45) is 11.3 Å². The van der Waals surface area contributed by atoms with Crippen molar-refractivity contribution in [2.75, 3.05) is 13.1 Å². The third kappa shape index (κ3) is 3.68. The van der Waals surface area contributed by atoms with Crippen LogP contribution in [0.15, 0.2) is 34.1 Å². The number of hydrogen-bond acceptors (Lipinski definition) is 4. The summed E-state index contributed by atoms with van der Waals surface area (Å²) >= 11 is 1.47. The van der Waals surface area contributed by atoms with Gasteiger partial charge in [0.2, 0.25) is 5.91 Å². The second-order valence-electron chi connectivity index (χ2n) is 7.87. The fraction of sp³-hybridized carbons (Fsp3) is 0.524. The number of hydrogen-bond donors (Lipinski definition) is 1. The second kappa shape index (κ2) is 7.50. The summed E-state index contributed by atoms with van der Waals surface area (Å²) in [5, 5.41) is 4.98. The maximum atomic E-state index is 13.1. The Kier molecular flexibility index (Phi) is 5.08. The molecule has 2 aromatic heterocycles. The summed E-state index contributed by atoms with van der Waals surface area (Å²) in [6.45, 7) is 3.51. The van der Waals surface area contributed by atoms with Crippen LogP contribution >= 0.6 is 11.3 Å². The van der Waals surface area contributed by atoms with Crippen molar-refractivity contribution in [3.05, 3.63) is 46.0 Å². The molecule has 0 aromatic carbocycles. The molecule has 1 saturated heterocycles. The van der Waals surface area contributed by atoms with Crippen LogP contribution in [-0.4, -0.2) is 29.8 Å². The summed E-state index contributed by atoms with van der Waals surface area (Å²) in [6.07, 6.45) is 5.56. The number of rotatable bonds is 4. The fourth-order valence-corrected chi connectivity index (χ4v) is 5.37. The number of carbonyl (C=O) groups excluding carboxylic acids is 2. The minimum Gasteiger partial charge on any atom is -0.465 e. The average molecular weight is 387 g/mol. The quantitative estimate of drug-likeness (QED) is 0.864. The van der Waals surface area contributed by atoms with Crippen molar-refractivity contribution in [1.82, 2.24) is 10.2 Å². The minimum absolute atomic E-state index is 0.0485. The van der Waals surface area contributed by atoms with Crippen molar-refractivity contribution in [3.63, 3.8) is 0 Å². The maximum Gasteiger partial charge on any atom is 0.263 e. The van der Waals surface area contributed by atoms with E-state index in [9.17, 15) is 9.59 Å². The van der Waals surface area contributed by atoms with Gasteiger partial charge in [0, 0.05) is 18.5 Å². The molecule has 0 radical (unpaired) electrons. The molecule has 2 fully saturated rings. The Labute approximate surface area is 163 Å². The highest BCUT2D eigenvalue weighted by Crippen LogP contribution is 2.48. The van der Waals surface area contributed by atoms with Crippen molar-refractivity contribution in [3.8, 4) is 0 Å². The molecule has 2 amide bonds. The van der Waals surface area contributed by atoms with Crippen LogP contribution in [0, 0.1) is 18.3 Å². The summed E-state index contributed by atoms with van der Waals surface area (Å²) < 4.78 is 5.56. The van der Waals surface area contributed by atoms with Gasteiger partial charge >= 0.3 is 0 Å². The predicted octanol–water partition coefficient (Wildman–Crippen LogP) is 3.99. The van der Waals surface area contributed by atoms with E-state index in [0.717, 1.165) is 42.1 Å². The van der Waals surface area contributed by atoms with Gasteiger partial charge in [-0.25, -0.2) is 0 Å². The number of amides is 2. The second-order valence-corrected chi connectivity index (χ2v) is 8.82. The van der Waals surface area contributed by atoms with E-state index in [-0.39, 0.29) is 23.1 Å². The average Bonchev–Trinajstić information content (AvgIpc) is 3.41. The zero-order valence-corrected chi connectivity index (χ0v) is 16.5. The normalized spacial score (nSPS) is 21.5. The van der Waals surface area contributed by atoms with Gasteiger partial charge < -0.3 is 14.6 Å². The maximum absolute atomic E-state index is 13.1. The van der Waals surface area contributed by atoms with Crippen LogP contribution < -0.4 is 5.32 Å². The zero-order chi connectivity index (χ0) is 18.9. The first-order valence-corrected chi connectivity index (χ1v) is 10.6. The first kappa shape index (κ1) is 18.3. The van der Waals surface area contributed by atoms with E-state index in [1.165, 1.54) is 17.8 Å². The fourth-order valence-electron chi connectivity index (χ4n) is 4.68. The highest BCUT2D eigenvalue weighted by Gasteiger charge is 2.51. The summed E-state index contributed by atoms with van der Waals surface area (Å²) in [5.74, 6) is 1.58. The predicted molar refractivity (Wildman–Crippen MR) is 105 cm³/mol. The van der Waals surface area contributed by atoms with E-state index in [2.05, 4.69) is 5.32 Å². The highest BCUT2D eigenvalue weighted by atomic mass is 32.1. The number of nitrogens with one attached hydrogen (secondary N) is 1. The molecular weight excluding hydrogens is 360 g/mol. The SMILES string of the molecule is Cc1ccc(CNC(=O)C2CN(C(=O)c3cccs3)CC23CCCCC3)o1. The molecule has 1 aliphatic carbocycles. The first-order chi connectivity index (χ1) is 13.1. The zero-order valence-electron chi connectivity index (χ0n) is 15.7. The Balaban J connectivity index is 1.49. The molecule has 6 heteroatoms. The van der Waals surface area contributed by atoms with Gasteiger partial charge in [0.25, 0.3) is 5.91 Å². The van der Waals surface area contributed by atoms with Gasteiger partial charge in [0.1, 0.15) is 11.5 Å². The van der Waals surface area contributed by atoms with Gasteiger partial charge in [0.05, 0.1) is 17.3 Å². The van der Waals surface area contributed by atoms with Crippen LogP contribution in [0.4, 0.5) is 0 Å². The molecule has 1 N–H and O–H groups in total. The molecule has 1 unspecified atom stereocenters. The Morgan fingerprint density at radius 2 is 2.07 bits per heavy atom. The highest BCUT2D eigenvalue weighted by molar-refractivity contribution is 7.12. The van der Waals surface area contributed by atoms with Crippen LogP contribution in [0.1, 0.15) is 53.3 Å². The summed E-state index contributed by atoms with van der Waals surface area (Å²) in [6, 6.07) is 7.57. The standard InChI is InChI=1S/C21H26N2O3S/c1-15-7-8-16(26-15)12-22-19(24)17-13-23(20(25)18-6-5-11-27-18)14-21(17)9-3-2-4-10-21/h5-8,11,17H,2-4,9-10,12-14H2,1H3,(H,22,24). The van der Waals surface area contributed by atoms with E-state index < -0.39 is 0 Å². The third-order valence-corrected chi connectivity index (χ3v) is 6.92. The van der Waals surface area contributed by atoms with Crippen LogP contribution in [-0.2, 0) is 11.3 Å². The Morgan fingerprint density at radius 3 is 2.74 bits per heavy atom. The molecule has 27 heavy (non-hydrogen) atoms. The molecule has 1 spiro atoms. The number of nitrogens with zero attached hydrogens (tertiary/aromatic N) is 1. The van der Waals surface area contributed by atoms with Gasteiger partial charge in [-0.1, -0.05) is 25.3 Å². The van der Waals surface area contributed by atoms with Crippen LogP contribution in [0.25, 0.3) is 0 Å². The molecule has 1 aliphatic heterocycles. The number of thiophene rings is 1. The summed E-state index contributed by atoms with van der Waals surface area (Å²) in [7, 11) is 0. The van der Waals surface area contributed by atoms with Gasteiger partial charge in [0.15, 0.2) is 0 Å². The third-order valence-electron chi connectivity index (χ3n) is 6.07. The molecule has 0 bridgehead atoms. The van der Waals surface area contributed by atoms with Gasteiger partial charge in [-0.15, -0.1) is 11.3 Å². The first-order valence-electron chi connectivity index (χ1n) is 9.73. The number of furan rings is 1. The lowest BCUT2D eigenvalue weighted by molar-refractivity contribution is -0.128. The van der Waals surface area contributed by atoms with Crippen molar-refractivity contribution < 1.29 is 14.0 Å². The minimum atomic E-state index is -0.141. The topological polar surface area (TPSA) is 62.6 Å². The van der Waals surface area contributed by atoms with Gasteiger partial charge in [-0.3, -0.25) is 9.59 Å². The van der Waals surface area contributed by atoms with E-state index in [0.29, 0.717) is 19.6 Å². The molecule has 1 atom stereocenters. The van der Waals surface area contributed by atoms with E-state index in [1.807, 2.05) is 41.5 Å². The lowest BCUT2D eigenvalue weighted by Crippen LogP contribution is -2.42. The monoisotopic (exact) mass is 386 g/mol.